The van der Waals surface area contributed by atoms with Gasteiger partial charge in [0.1, 0.15) is 13.2 Å². The summed E-state index contributed by atoms with van der Waals surface area (Å²) in [4.78, 5) is 37.8. The SMILES string of the molecule is CCCCCC/C=C\C/C=C\CCCCCCCC(=O)OCC(COC(=O)CCCCCCCCCCC)OC(=O)CCCCCCC/C=C\C/C=C\CCCCCC. The number of hydrogen-bond acceptors (Lipinski definition) is 6. The van der Waals surface area contributed by atoms with E-state index in [9.17, 15) is 14.4 Å². The van der Waals surface area contributed by atoms with Gasteiger partial charge in [0.15, 0.2) is 6.10 Å². The van der Waals surface area contributed by atoms with Crippen molar-refractivity contribution in [1.82, 2.24) is 0 Å². The fourth-order valence-electron chi connectivity index (χ4n) is 6.97. The summed E-state index contributed by atoms with van der Waals surface area (Å²) in [7, 11) is 0. The minimum atomic E-state index is -0.782. The molecule has 0 fully saturated rings. The summed E-state index contributed by atoms with van der Waals surface area (Å²) in [5.74, 6) is -0.908. The highest BCUT2D eigenvalue weighted by Crippen LogP contribution is 2.14. The van der Waals surface area contributed by atoms with Crippen molar-refractivity contribution in [1.29, 1.82) is 0 Å². The number of carbonyl (C=O) groups excluding carboxylic acids is 3. The zero-order chi connectivity index (χ0) is 43.0. The topological polar surface area (TPSA) is 78.9 Å². The summed E-state index contributed by atoms with van der Waals surface area (Å²) in [6.07, 6.45) is 56.6. The summed E-state index contributed by atoms with van der Waals surface area (Å²) in [5, 5.41) is 0. The lowest BCUT2D eigenvalue weighted by Gasteiger charge is -2.18. The van der Waals surface area contributed by atoms with Crippen LogP contribution in [0, 0.1) is 0 Å². The minimum absolute atomic E-state index is 0.0820. The van der Waals surface area contributed by atoms with Gasteiger partial charge in [0.25, 0.3) is 0 Å². The minimum Gasteiger partial charge on any atom is -0.462 e. The molecule has 0 rings (SSSR count). The molecule has 0 saturated carbocycles. The standard InChI is InChI=1S/C53H94O6/c1-4-7-10-13-16-19-21-23-25-27-29-31-34-37-40-43-46-52(55)58-49-50(48-57-51(54)45-42-39-36-33-18-15-12-9-6-3)59-53(56)47-44-41-38-35-32-30-28-26-24-22-20-17-14-11-8-5-2/h19-22,25-28,50H,4-18,23-24,29-49H2,1-3H3/b21-19-,22-20-,27-25-,28-26-. The van der Waals surface area contributed by atoms with Crippen molar-refractivity contribution in [2.75, 3.05) is 13.2 Å². The van der Waals surface area contributed by atoms with Gasteiger partial charge in [-0.1, -0.05) is 198 Å². The van der Waals surface area contributed by atoms with Gasteiger partial charge < -0.3 is 14.2 Å². The van der Waals surface area contributed by atoms with E-state index in [0.717, 1.165) is 103 Å². The van der Waals surface area contributed by atoms with Gasteiger partial charge in [0, 0.05) is 19.3 Å². The van der Waals surface area contributed by atoms with Crippen molar-refractivity contribution in [3.05, 3.63) is 48.6 Å². The maximum atomic E-state index is 12.8. The van der Waals surface area contributed by atoms with Crippen LogP contribution >= 0.6 is 0 Å². The molecule has 1 atom stereocenters. The summed E-state index contributed by atoms with van der Waals surface area (Å²) in [5.41, 5.74) is 0. The lowest BCUT2D eigenvalue weighted by molar-refractivity contribution is -0.167. The van der Waals surface area contributed by atoms with Crippen molar-refractivity contribution in [3.8, 4) is 0 Å². The van der Waals surface area contributed by atoms with Crippen LogP contribution in [0.25, 0.3) is 0 Å². The molecule has 1 unspecified atom stereocenters. The predicted octanol–water partition coefficient (Wildman–Crippen LogP) is 16.3. The Hall–Kier alpha value is -2.63. The Bertz CT molecular complexity index is 1040. The molecule has 0 radical (unpaired) electrons. The summed E-state index contributed by atoms with van der Waals surface area (Å²) >= 11 is 0. The highest BCUT2D eigenvalue weighted by atomic mass is 16.6. The fraction of sp³-hybridized carbons (Fsp3) is 0.792. The maximum Gasteiger partial charge on any atom is 0.306 e. The summed E-state index contributed by atoms with van der Waals surface area (Å²) in [6.45, 7) is 6.56. The van der Waals surface area contributed by atoms with Crippen LogP contribution in [0.3, 0.4) is 0 Å². The third-order valence-electron chi connectivity index (χ3n) is 10.8. The molecule has 0 aliphatic carbocycles. The van der Waals surface area contributed by atoms with Crippen LogP contribution in [0.4, 0.5) is 0 Å². The van der Waals surface area contributed by atoms with Gasteiger partial charge in [-0.15, -0.1) is 0 Å². The molecule has 0 saturated heterocycles. The number of hydrogen-bond donors (Lipinski definition) is 0. The monoisotopic (exact) mass is 827 g/mol. The average Bonchev–Trinajstić information content (AvgIpc) is 3.23. The van der Waals surface area contributed by atoms with Crippen LogP contribution < -0.4 is 0 Å². The first-order valence-corrected chi connectivity index (χ1v) is 25.1. The molecule has 0 heterocycles. The molecule has 59 heavy (non-hydrogen) atoms. The molecule has 0 aromatic rings. The average molecular weight is 827 g/mol. The highest BCUT2D eigenvalue weighted by Gasteiger charge is 2.19. The third-order valence-corrected chi connectivity index (χ3v) is 10.8. The molecule has 0 aliphatic heterocycles. The molecule has 342 valence electrons. The molecule has 0 aliphatic rings. The van der Waals surface area contributed by atoms with E-state index in [1.54, 1.807) is 0 Å². The van der Waals surface area contributed by atoms with Crippen LogP contribution in [-0.2, 0) is 28.6 Å². The molecule has 6 nitrogen and oxygen atoms in total. The number of allylic oxidation sites excluding steroid dienone is 8. The fourth-order valence-corrected chi connectivity index (χ4v) is 6.97. The Labute approximate surface area is 365 Å². The number of ether oxygens (including phenoxy) is 3. The number of carbonyl (C=O) groups is 3. The van der Waals surface area contributed by atoms with E-state index in [-0.39, 0.29) is 31.1 Å². The van der Waals surface area contributed by atoms with Crippen LogP contribution in [0.15, 0.2) is 48.6 Å². The number of rotatable bonds is 45. The van der Waals surface area contributed by atoms with Gasteiger partial charge in [-0.2, -0.15) is 0 Å². The molecule has 0 aromatic heterocycles. The molecular weight excluding hydrogens is 733 g/mol. The smallest absolute Gasteiger partial charge is 0.306 e. The van der Waals surface area contributed by atoms with Crippen LogP contribution in [0.2, 0.25) is 0 Å². The molecule has 0 bridgehead atoms. The molecule has 0 N–H and O–H groups in total. The highest BCUT2D eigenvalue weighted by molar-refractivity contribution is 5.71. The second kappa shape index (κ2) is 48.0. The van der Waals surface area contributed by atoms with Crippen molar-refractivity contribution in [2.45, 2.75) is 258 Å². The first-order valence-electron chi connectivity index (χ1n) is 25.1. The molecule has 0 amide bonds. The van der Waals surface area contributed by atoms with Gasteiger partial charge in [0.05, 0.1) is 0 Å². The van der Waals surface area contributed by atoms with Crippen molar-refractivity contribution in [3.63, 3.8) is 0 Å². The van der Waals surface area contributed by atoms with Gasteiger partial charge in [0.2, 0.25) is 0 Å². The molecule has 0 aromatic carbocycles. The summed E-state index contributed by atoms with van der Waals surface area (Å²) < 4.78 is 16.7. The first kappa shape index (κ1) is 56.4. The Morgan fingerprint density at radius 1 is 0.339 bits per heavy atom. The van der Waals surface area contributed by atoms with Gasteiger partial charge in [-0.05, 0) is 83.5 Å². The first-order chi connectivity index (χ1) is 29.0. The van der Waals surface area contributed by atoms with Crippen molar-refractivity contribution >= 4 is 17.9 Å². The van der Waals surface area contributed by atoms with Gasteiger partial charge in [-0.3, -0.25) is 14.4 Å². The Balaban J connectivity index is 4.38. The quantitative estimate of drug-likeness (QED) is 0.0263. The van der Waals surface area contributed by atoms with Gasteiger partial charge >= 0.3 is 17.9 Å². The maximum absolute atomic E-state index is 12.8. The Kier molecular flexibility index (Phi) is 45.9. The largest absolute Gasteiger partial charge is 0.462 e. The second-order valence-electron chi connectivity index (χ2n) is 16.7. The van der Waals surface area contributed by atoms with E-state index in [4.69, 9.17) is 14.2 Å². The Morgan fingerprint density at radius 3 is 0.949 bits per heavy atom. The Morgan fingerprint density at radius 2 is 0.610 bits per heavy atom. The zero-order valence-electron chi connectivity index (χ0n) is 39.0. The second-order valence-corrected chi connectivity index (χ2v) is 16.7. The number of esters is 3. The van der Waals surface area contributed by atoms with Crippen molar-refractivity contribution in [2.24, 2.45) is 0 Å². The summed E-state index contributed by atoms with van der Waals surface area (Å²) in [6, 6.07) is 0. The van der Waals surface area contributed by atoms with E-state index in [0.29, 0.717) is 19.3 Å². The predicted molar refractivity (Wildman–Crippen MR) is 252 cm³/mol. The molecular formula is C53H94O6. The van der Waals surface area contributed by atoms with Crippen molar-refractivity contribution < 1.29 is 28.6 Å². The van der Waals surface area contributed by atoms with Gasteiger partial charge in [-0.25, -0.2) is 0 Å². The van der Waals surface area contributed by atoms with E-state index in [1.165, 1.54) is 109 Å². The van der Waals surface area contributed by atoms with Crippen LogP contribution in [0.5, 0.6) is 0 Å². The van der Waals surface area contributed by atoms with Crippen LogP contribution in [0.1, 0.15) is 252 Å². The lowest BCUT2D eigenvalue weighted by Crippen LogP contribution is -2.30. The zero-order valence-corrected chi connectivity index (χ0v) is 39.0. The molecule has 0 spiro atoms. The van der Waals surface area contributed by atoms with E-state index in [1.807, 2.05) is 0 Å². The van der Waals surface area contributed by atoms with E-state index in [2.05, 4.69) is 69.4 Å². The van der Waals surface area contributed by atoms with E-state index >= 15 is 0 Å². The molecule has 6 heteroatoms. The van der Waals surface area contributed by atoms with E-state index < -0.39 is 6.10 Å². The lowest BCUT2D eigenvalue weighted by atomic mass is 10.1. The number of unbranched alkanes of at least 4 members (excludes halogenated alkanes) is 26. The normalized spacial score (nSPS) is 12.4. The third kappa shape index (κ3) is 46.3. The van der Waals surface area contributed by atoms with Crippen LogP contribution in [-0.4, -0.2) is 37.2 Å².